The van der Waals surface area contributed by atoms with Gasteiger partial charge in [-0.15, -0.1) is 0 Å². The van der Waals surface area contributed by atoms with Crippen LogP contribution in [-0.4, -0.2) is 32.9 Å². The highest BCUT2D eigenvalue weighted by atomic mass is 32.2. The van der Waals surface area contributed by atoms with Gasteiger partial charge in [-0.05, 0) is 43.9 Å². The minimum absolute atomic E-state index is 0.0467. The molecule has 2 rings (SSSR count). The van der Waals surface area contributed by atoms with Gasteiger partial charge in [0.25, 0.3) is 9.84 Å². The lowest BCUT2D eigenvalue weighted by molar-refractivity contribution is -0.0435. The maximum atomic E-state index is 13.8. The highest BCUT2D eigenvalue weighted by molar-refractivity contribution is 7.92. The smallest absolute Gasteiger partial charge is 0.380 e. The Labute approximate surface area is 149 Å². The van der Waals surface area contributed by atoms with E-state index in [0.29, 0.717) is 17.7 Å². The molecule has 1 N–H and O–H groups in total. The number of anilines is 1. The molecule has 9 heteroatoms. The van der Waals surface area contributed by atoms with Gasteiger partial charge in [0.1, 0.15) is 5.82 Å². The molecule has 0 heterocycles. The fraction of sp³-hybridized carbons (Fsp3) is 0.294. The van der Waals surface area contributed by atoms with Crippen LogP contribution < -0.4 is 5.32 Å². The van der Waals surface area contributed by atoms with Crippen LogP contribution in [-0.2, 0) is 22.9 Å². The van der Waals surface area contributed by atoms with Crippen LogP contribution in [0.4, 0.5) is 23.2 Å². The predicted octanol–water partition coefficient (Wildman–Crippen LogP) is 3.79. The molecule has 2 aromatic carbocycles. The van der Waals surface area contributed by atoms with Crippen molar-refractivity contribution in [2.45, 2.75) is 23.5 Å². The van der Waals surface area contributed by atoms with Crippen molar-refractivity contribution in [3.63, 3.8) is 0 Å². The van der Waals surface area contributed by atoms with Gasteiger partial charge in [0, 0.05) is 18.7 Å². The topological polar surface area (TPSA) is 49.4 Å². The first kappa shape index (κ1) is 20.2. The Hall–Kier alpha value is -2.13. The average molecular weight is 390 g/mol. The predicted molar refractivity (Wildman–Crippen MR) is 90.8 cm³/mol. The summed E-state index contributed by atoms with van der Waals surface area (Å²) in [5, 5.41) is 2.69. The molecule has 0 radical (unpaired) electrons. The second kappa shape index (κ2) is 7.63. The molecule has 0 aliphatic carbocycles. The molecule has 0 fully saturated rings. The van der Waals surface area contributed by atoms with E-state index in [1.54, 1.807) is 25.1 Å². The first-order valence-corrected chi connectivity index (χ1v) is 9.07. The maximum Gasteiger partial charge on any atom is 0.501 e. The average Bonchev–Trinajstić information content (AvgIpc) is 2.54. The summed E-state index contributed by atoms with van der Waals surface area (Å²) in [6.45, 7) is 0.407. The van der Waals surface area contributed by atoms with Crippen LogP contribution in [0.5, 0.6) is 0 Å². The molecule has 0 aromatic heterocycles. The number of hydrogen-bond acceptors (Lipinski definition) is 4. The van der Waals surface area contributed by atoms with Gasteiger partial charge >= 0.3 is 5.51 Å². The minimum atomic E-state index is -5.47. The Morgan fingerprint density at radius 2 is 1.73 bits per heavy atom. The number of benzene rings is 2. The molecule has 0 atom stereocenters. The standard InChI is InChI=1S/C17H18F4N2O2S/c1-23(2)11-13-9-12(7-8-14(13)18)10-22-15-5-3-4-6-16(15)26(24,25)17(19,20)21/h3-9,22H,10-11H2,1-2H3. The zero-order valence-electron chi connectivity index (χ0n) is 14.1. The van der Waals surface area contributed by atoms with Crippen LogP contribution in [0.2, 0.25) is 0 Å². The van der Waals surface area contributed by atoms with Gasteiger partial charge in [-0.25, -0.2) is 12.8 Å². The van der Waals surface area contributed by atoms with E-state index in [1.807, 2.05) is 0 Å². The molecule has 0 bridgehead atoms. The van der Waals surface area contributed by atoms with Crippen molar-refractivity contribution in [1.82, 2.24) is 4.90 Å². The zero-order valence-corrected chi connectivity index (χ0v) is 15.0. The lowest BCUT2D eigenvalue weighted by atomic mass is 10.1. The summed E-state index contributed by atoms with van der Waals surface area (Å²) in [5.41, 5.74) is -4.50. The molecule has 2 aromatic rings. The molecule has 0 aliphatic rings. The molecule has 0 aliphatic heterocycles. The number of alkyl halides is 3. The molecule has 0 saturated carbocycles. The van der Waals surface area contributed by atoms with E-state index in [4.69, 9.17) is 0 Å². The number of hydrogen-bond donors (Lipinski definition) is 1. The monoisotopic (exact) mass is 390 g/mol. The van der Waals surface area contributed by atoms with Crippen LogP contribution in [0.1, 0.15) is 11.1 Å². The third-order valence-corrected chi connectivity index (χ3v) is 5.11. The number of nitrogens with one attached hydrogen (secondary N) is 1. The van der Waals surface area contributed by atoms with Crippen molar-refractivity contribution < 1.29 is 26.0 Å². The SMILES string of the molecule is CN(C)Cc1cc(CNc2ccccc2S(=O)(=O)C(F)(F)F)ccc1F. The maximum absolute atomic E-state index is 13.8. The molecule has 0 spiro atoms. The largest absolute Gasteiger partial charge is 0.501 e. The van der Waals surface area contributed by atoms with Gasteiger partial charge in [0.05, 0.1) is 10.6 Å². The lowest BCUT2D eigenvalue weighted by Crippen LogP contribution is -2.24. The van der Waals surface area contributed by atoms with Gasteiger partial charge in [-0.3, -0.25) is 0 Å². The molecule has 26 heavy (non-hydrogen) atoms. The number of nitrogens with zero attached hydrogens (tertiary/aromatic N) is 1. The number of halogens is 4. The zero-order chi connectivity index (χ0) is 19.5. The minimum Gasteiger partial charge on any atom is -0.380 e. The lowest BCUT2D eigenvalue weighted by Gasteiger charge is -2.15. The summed E-state index contributed by atoms with van der Waals surface area (Å²) in [5.74, 6) is -0.387. The Morgan fingerprint density at radius 3 is 2.35 bits per heavy atom. The van der Waals surface area contributed by atoms with Crippen LogP contribution in [0, 0.1) is 5.82 Å². The third kappa shape index (κ3) is 4.53. The number of sulfone groups is 1. The van der Waals surface area contributed by atoms with Crippen LogP contribution >= 0.6 is 0 Å². The van der Waals surface area contributed by atoms with Gasteiger partial charge in [0.15, 0.2) is 0 Å². The van der Waals surface area contributed by atoms with Crippen molar-refractivity contribution in [2.24, 2.45) is 0 Å². The fourth-order valence-corrected chi connectivity index (χ4v) is 3.31. The first-order valence-electron chi connectivity index (χ1n) is 7.58. The Kier molecular flexibility index (Phi) is 5.92. The Bertz CT molecular complexity index is 881. The summed E-state index contributed by atoms with van der Waals surface area (Å²) in [7, 11) is -1.91. The molecular formula is C17H18F4N2O2S. The molecular weight excluding hydrogens is 372 g/mol. The number of para-hydroxylation sites is 1. The first-order chi connectivity index (χ1) is 12.0. The summed E-state index contributed by atoms with van der Waals surface area (Å²) < 4.78 is 75.6. The van der Waals surface area contributed by atoms with Crippen molar-refractivity contribution in [3.05, 3.63) is 59.4 Å². The van der Waals surface area contributed by atoms with Crippen LogP contribution in [0.3, 0.4) is 0 Å². The van der Waals surface area contributed by atoms with Crippen molar-refractivity contribution in [3.8, 4) is 0 Å². The van der Waals surface area contributed by atoms with E-state index in [0.717, 1.165) is 6.07 Å². The Balaban J connectivity index is 2.27. The molecule has 142 valence electrons. The second-order valence-electron chi connectivity index (χ2n) is 5.96. The molecule has 0 unspecified atom stereocenters. The van der Waals surface area contributed by atoms with Crippen molar-refractivity contribution in [1.29, 1.82) is 0 Å². The Morgan fingerprint density at radius 1 is 1.08 bits per heavy atom. The third-order valence-electron chi connectivity index (χ3n) is 3.56. The second-order valence-corrected chi connectivity index (χ2v) is 7.87. The highest BCUT2D eigenvalue weighted by Crippen LogP contribution is 2.34. The normalized spacial score (nSPS) is 12.4. The van der Waals surface area contributed by atoms with E-state index in [9.17, 15) is 26.0 Å². The van der Waals surface area contributed by atoms with Crippen molar-refractivity contribution in [2.75, 3.05) is 19.4 Å². The summed E-state index contributed by atoms with van der Waals surface area (Å²) in [6, 6.07) is 9.15. The summed E-state index contributed by atoms with van der Waals surface area (Å²) in [6.07, 6.45) is 0. The van der Waals surface area contributed by atoms with E-state index in [2.05, 4.69) is 5.32 Å². The van der Waals surface area contributed by atoms with Gasteiger partial charge < -0.3 is 10.2 Å². The van der Waals surface area contributed by atoms with E-state index in [-0.39, 0.29) is 18.0 Å². The van der Waals surface area contributed by atoms with Gasteiger partial charge in [0.2, 0.25) is 0 Å². The van der Waals surface area contributed by atoms with Crippen molar-refractivity contribution >= 4 is 15.5 Å². The molecule has 4 nitrogen and oxygen atoms in total. The quantitative estimate of drug-likeness (QED) is 0.763. The van der Waals surface area contributed by atoms with E-state index in [1.165, 1.54) is 30.3 Å². The van der Waals surface area contributed by atoms with Crippen LogP contribution in [0.25, 0.3) is 0 Å². The van der Waals surface area contributed by atoms with Gasteiger partial charge in [-0.1, -0.05) is 18.2 Å². The number of rotatable bonds is 6. The highest BCUT2D eigenvalue weighted by Gasteiger charge is 2.47. The molecule has 0 amide bonds. The van der Waals surface area contributed by atoms with Crippen LogP contribution in [0.15, 0.2) is 47.4 Å². The molecule has 0 saturated heterocycles. The summed E-state index contributed by atoms with van der Waals surface area (Å²) in [4.78, 5) is 0.934. The fourth-order valence-electron chi connectivity index (χ4n) is 2.37. The van der Waals surface area contributed by atoms with E-state index >= 15 is 0 Å². The van der Waals surface area contributed by atoms with Gasteiger partial charge in [-0.2, -0.15) is 13.2 Å². The summed E-state index contributed by atoms with van der Waals surface area (Å²) >= 11 is 0. The van der Waals surface area contributed by atoms with E-state index < -0.39 is 20.2 Å².